The molecule has 1 unspecified atom stereocenters. The average molecular weight is 344 g/mol. The second-order valence-electron chi connectivity index (χ2n) is 5.71. The molecule has 3 rings (SSSR count). The first-order chi connectivity index (χ1) is 12.8. The van der Waals surface area contributed by atoms with E-state index < -0.39 is 12.1 Å². The van der Waals surface area contributed by atoms with Gasteiger partial charge in [-0.3, -0.25) is 0 Å². The van der Waals surface area contributed by atoms with E-state index in [4.69, 9.17) is 9.47 Å². The monoisotopic (exact) mass is 344 g/mol. The Morgan fingerprint density at radius 2 is 1.38 bits per heavy atom. The number of rotatable bonds is 7. The van der Waals surface area contributed by atoms with Crippen LogP contribution in [0.25, 0.3) is 6.08 Å². The molecule has 0 aliphatic heterocycles. The Labute approximate surface area is 153 Å². The smallest absolute Gasteiger partial charge is 0.351 e. The molecule has 0 spiro atoms. The number of hydrogen-bond acceptors (Lipinski definition) is 3. The standard InChI is InChI=1S/C23H20O3/c24-23(25-18-20-12-6-2-7-13-20)22(26-21-14-8-3-9-15-21)17-16-19-10-4-1-5-11-19/h1-17,22H,18H2/b17-16+. The molecule has 0 bridgehead atoms. The molecule has 130 valence electrons. The van der Waals surface area contributed by atoms with Gasteiger partial charge in [-0.1, -0.05) is 84.9 Å². The molecular formula is C23H20O3. The number of benzene rings is 3. The molecule has 3 nitrogen and oxygen atoms in total. The molecule has 0 saturated carbocycles. The van der Waals surface area contributed by atoms with Crippen molar-refractivity contribution in [2.45, 2.75) is 12.7 Å². The van der Waals surface area contributed by atoms with Gasteiger partial charge in [0.15, 0.2) is 0 Å². The summed E-state index contributed by atoms with van der Waals surface area (Å²) in [6.07, 6.45) is 2.76. The maximum atomic E-state index is 12.5. The largest absolute Gasteiger partial charge is 0.475 e. The van der Waals surface area contributed by atoms with Crippen LogP contribution in [0.1, 0.15) is 11.1 Å². The van der Waals surface area contributed by atoms with Gasteiger partial charge in [0.25, 0.3) is 0 Å². The minimum Gasteiger partial charge on any atom is -0.475 e. The summed E-state index contributed by atoms with van der Waals surface area (Å²) >= 11 is 0. The van der Waals surface area contributed by atoms with Gasteiger partial charge in [-0.2, -0.15) is 0 Å². The van der Waals surface area contributed by atoms with E-state index in [0.717, 1.165) is 11.1 Å². The van der Waals surface area contributed by atoms with Crippen LogP contribution in [0.15, 0.2) is 97.1 Å². The Morgan fingerprint density at radius 3 is 2.04 bits per heavy atom. The molecule has 0 radical (unpaired) electrons. The number of hydrogen-bond donors (Lipinski definition) is 0. The van der Waals surface area contributed by atoms with Crippen molar-refractivity contribution in [2.24, 2.45) is 0 Å². The molecule has 0 aromatic heterocycles. The van der Waals surface area contributed by atoms with E-state index in [9.17, 15) is 4.79 Å². The van der Waals surface area contributed by atoms with Crippen molar-refractivity contribution in [3.05, 3.63) is 108 Å². The molecule has 0 aliphatic carbocycles. The highest BCUT2D eigenvalue weighted by atomic mass is 16.6. The maximum Gasteiger partial charge on any atom is 0.351 e. The van der Waals surface area contributed by atoms with Gasteiger partial charge < -0.3 is 9.47 Å². The molecule has 0 aliphatic rings. The number of para-hydroxylation sites is 1. The van der Waals surface area contributed by atoms with Gasteiger partial charge in [-0.15, -0.1) is 0 Å². The highest BCUT2D eigenvalue weighted by Crippen LogP contribution is 2.14. The fourth-order valence-corrected chi connectivity index (χ4v) is 2.39. The van der Waals surface area contributed by atoms with Crippen molar-refractivity contribution in [1.29, 1.82) is 0 Å². The third kappa shape index (κ3) is 5.35. The van der Waals surface area contributed by atoms with E-state index in [0.29, 0.717) is 5.75 Å². The van der Waals surface area contributed by atoms with Gasteiger partial charge in [0.1, 0.15) is 12.4 Å². The lowest BCUT2D eigenvalue weighted by molar-refractivity contribution is -0.151. The molecule has 1 atom stereocenters. The first-order valence-electron chi connectivity index (χ1n) is 8.47. The molecule has 0 fully saturated rings. The van der Waals surface area contributed by atoms with Crippen LogP contribution in [0, 0.1) is 0 Å². The Bertz CT molecular complexity index is 827. The fourth-order valence-electron chi connectivity index (χ4n) is 2.39. The number of ether oxygens (including phenoxy) is 2. The Balaban J connectivity index is 1.71. The summed E-state index contributed by atoms with van der Waals surface area (Å²) in [4.78, 5) is 12.5. The van der Waals surface area contributed by atoms with E-state index in [1.165, 1.54) is 0 Å². The normalized spacial score (nSPS) is 11.8. The minimum atomic E-state index is -0.818. The predicted octanol–water partition coefficient (Wildman–Crippen LogP) is 4.89. The Kier molecular flexibility index (Phi) is 6.21. The van der Waals surface area contributed by atoms with Crippen molar-refractivity contribution in [1.82, 2.24) is 0 Å². The highest BCUT2D eigenvalue weighted by molar-refractivity contribution is 5.78. The number of carbonyl (C=O) groups is 1. The zero-order chi connectivity index (χ0) is 18.0. The second kappa shape index (κ2) is 9.23. The molecule has 0 amide bonds. The average Bonchev–Trinajstić information content (AvgIpc) is 2.71. The Morgan fingerprint density at radius 1 is 0.808 bits per heavy atom. The van der Waals surface area contributed by atoms with Crippen LogP contribution in [-0.4, -0.2) is 12.1 Å². The SMILES string of the molecule is O=C(OCc1ccccc1)C(/C=C/c1ccccc1)Oc1ccccc1. The topological polar surface area (TPSA) is 35.5 Å². The fraction of sp³-hybridized carbons (Fsp3) is 0.0870. The second-order valence-corrected chi connectivity index (χ2v) is 5.71. The van der Waals surface area contributed by atoms with E-state index in [1.54, 1.807) is 6.08 Å². The zero-order valence-electron chi connectivity index (χ0n) is 14.3. The first kappa shape index (κ1) is 17.5. The summed E-state index contributed by atoms with van der Waals surface area (Å²) in [6, 6.07) is 28.6. The molecule has 0 N–H and O–H groups in total. The van der Waals surface area contributed by atoms with Gasteiger partial charge in [0, 0.05) is 0 Å². The number of esters is 1. The molecule has 26 heavy (non-hydrogen) atoms. The van der Waals surface area contributed by atoms with Gasteiger partial charge in [-0.25, -0.2) is 4.79 Å². The molecule has 3 heteroatoms. The summed E-state index contributed by atoms with van der Waals surface area (Å²) < 4.78 is 11.3. The summed E-state index contributed by atoms with van der Waals surface area (Å²) in [5.41, 5.74) is 1.93. The van der Waals surface area contributed by atoms with Crippen molar-refractivity contribution >= 4 is 12.0 Å². The molecule has 0 heterocycles. The lowest BCUT2D eigenvalue weighted by atomic mass is 10.2. The van der Waals surface area contributed by atoms with Crippen LogP contribution in [0.2, 0.25) is 0 Å². The van der Waals surface area contributed by atoms with Gasteiger partial charge >= 0.3 is 5.97 Å². The highest BCUT2D eigenvalue weighted by Gasteiger charge is 2.19. The molecular weight excluding hydrogens is 324 g/mol. The first-order valence-corrected chi connectivity index (χ1v) is 8.47. The summed E-state index contributed by atoms with van der Waals surface area (Å²) in [6.45, 7) is 0.216. The minimum absolute atomic E-state index is 0.216. The van der Waals surface area contributed by atoms with Crippen LogP contribution >= 0.6 is 0 Å². The van der Waals surface area contributed by atoms with Crippen molar-refractivity contribution in [3.8, 4) is 5.75 Å². The van der Waals surface area contributed by atoms with Crippen LogP contribution in [0.5, 0.6) is 5.75 Å². The lowest BCUT2D eigenvalue weighted by Crippen LogP contribution is -2.27. The summed E-state index contributed by atoms with van der Waals surface area (Å²) in [5.74, 6) is 0.191. The summed E-state index contributed by atoms with van der Waals surface area (Å²) in [5, 5.41) is 0. The van der Waals surface area contributed by atoms with Gasteiger partial charge in [0.05, 0.1) is 0 Å². The van der Waals surface area contributed by atoms with Crippen LogP contribution in [0.4, 0.5) is 0 Å². The third-order valence-corrected chi connectivity index (χ3v) is 3.73. The van der Waals surface area contributed by atoms with Crippen LogP contribution in [0.3, 0.4) is 0 Å². The van der Waals surface area contributed by atoms with Crippen LogP contribution < -0.4 is 4.74 Å². The lowest BCUT2D eigenvalue weighted by Gasteiger charge is -2.15. The van der Waals surface area contributed by atoms with E-state index >= 15 is 0 Å². The molecule has 0 saturated heterocycles. The van der Waals surface area contributed by atoms with E-state index in [2.05, 4.69) is 0 Å². The molecule has 3 aromatic carbocycles. The van der Waals surface area contributed by atoms with Crippen molar-refractivity contribution < 1.29 is 14.3 Å². The quantitative estimate of drug-likeness (QED) is 0.572. The summed E-state index contributed by atoms with van der Waals surface area (Å²) in [7, 11) is 0. The zero-order valence-corrected chi connectivity index (χ0v) is 14.3. The van der Waals surface area contributed by atoms with Gasteiger partial charge in [0.2, 0.25) is 6.10 Å². The van der Waals surface area contributed by atoms with Crippen molar-refractivity contribution in [3.63, 3.8) is 0 Å². The van der Waals surface area contributed by atoms with Crippen LogP contribution in [-0.2, 0) is 16.1 Å². The maximum absolute atomic E-state index is 12.5. The van der Waals surface area contributed by atoms with Gasteiger partial charge in [-0.05, 0) is 29.3 Å². The van der Waals surface area contributed by atoms with E-state index in [1.807, 2.05) is 97.1 Å². The predicted molar refractivity (Wildman–Crippen MR) is 103 cm³/mol. The number of carbonyl (C=O) groups excluding carboxylic acids is 1. The van der Waals surface area contributed by atoms with Crippen molar-refractivity contribution in [2.75, 3.05) is 0 Å². The molecule has 3 aromatic rings. The Hall–Kier alpha value is -3.33. The third-order valence-electron chi connectivity index (χ3n) is 3.73. The van der Waals surface area contributed by atoms with E-state index in [-0.39, 0.29) is 6.61 Å².